The Hall–Kier alpha value is -4.30. The number of carbonyl (C=O) groups is 5. The van der Waals surface area contributed by atoms with Gasteiger partial charge in [-0.25, -0.2) is 9.59 Å². The van der Waals surface area contributed by atoms with E-state index in [0.29, 0.717) is 6.42 Å². The summed E-state index contributed by atoms with van der Waals surface area (Å²) in [5.74, 6) is -5.08. The molecule has 0 radical (unpaired) electrons. The molecule has 2 bridgehead atoms. The zero-order chi connectivity index (χ0) is 35.9. The van der Waals surface area contributed by atoms with Crippen molar-refractivity contribution in [3.05, 3.63) is 54.2 Å². The van der Waals surface area contributed by atoms with Crippen molar-refractivity contribution in [3.8, 4) is 0 Å². The second-order valence-electron chi connectivity index (χ2n) is 13.9. The number of ether oxygens (including phenoxy) is 6. The van der Waals surface area contributed by atoms with Crippen LogP contribution in [-0.4, -0.2) is 87.8 Å². The molecule has 1 spiro atoms. The van der Waals surface area contributed by atoms with Crippen LogP contribution in [0.5, 0.6) is 0 Å². The fourth-order valence-electron chi connectivity index (χ4n) is 7.91. The van der Waals surface area contributed by atoms with E-state index in [2.05, 4.69) is 4.98 Å². The SMILES string of the molecule is CCC(C)C(=O)OC1[C@H]2C[C@H](OC(=O)c3cccnc3)[C@]3(COC(C)=O)[C@@H](OC(=O)c4ccoc4)[C@@H](OC(C)=O)C[C@](C)(O)[C@@]13OC2(C)C. The molecule has 2 unspecified atom stereocenters. The zero-order valence-corrected chi connectivity index (χ0v) is 28.6. The van der Waals surface area contributed by atoms with Crippen LogP contribution in [0.2, 0.25) is 0 Å². The van der Waals surface area contributed by atoms with Gasteiger partial charge in [0.05, 0.1) is 34.5 Å². The summed E-state index contributed by atoms with van der Waals surface area (Å²) in [7, 11) is 0. The first-order valence-corrected chi connectivity index (χ1v) is 16.3. The Balaban J connectivity index is 1.81. The molecular formula is C35H43NO13. The lowest BCUT2D eigenvalue weighted by Crippen LogP contribution is -2.83. The van der Waals surface area contributed by atoms with Gasteiger partial charge in [0.2, 0.25) is 0 Å². The third kappa shape index (κ3) is 6.09. The number of aromatic nitrogens is 1. The molecule has 2 aromatic heterocycles. The molecular weight excluding hydrogens is 642 g/mol. The quantitative estimate of drug-likeness (QED) is 0.282. The Labute approximate surface area is 283 Å². The highest BCUT2D eigenvalue weighted by Gasteiger charge is 2.86. The monoisotopic (exact) mass is 685 g/mol. The van der Waals surface area contributed by atoms with Crippen molar-refractivity contribution in [3.63, 3.8) is 0 Å². The van der Waals surface area contributed by atoms with Gasteiger partial charge in [-0.05, 0) is 51.8 Å². The van der Waals surface area contributed by atoms with Gasteiger partial charge in [-0.1, -0.05) is 13.8 Å². The largest absolute Gasteiger partial charge is 0.472 e. The van der Waals surface area contributed by atoms with E-state index in [0.717, 1.165) is 20.1 Å². The van der Waals surface area contributed by atoms with E-state index >= 15 is 0 Å². The topological polar surface area (TPSA) is 187 Å². The van der Waals surface area contributed by atoms with E-state index in [4.69, 9.17) is 32.8 Å². The molecule has 0 amide bonds. The number of carbonyl (C=O) groups excluding carboxylic acids is 5. The average Bonchev–Trinajstić information content (AvgIpc) is 3.63. The first-order chi connectivity index (χ1) is 23.0. The van der Waals surface area contributed by atoms with Gasteiger partial charge in [0.1, 0.15) is 36.6 Å². The van der Waals surface area contributed by atoms with Gasteiger partial charge >= 0.3 is 29.8 Å². The predicted octanol–water partition coefficient (Wildman–Crippen LogP) is 3.59. The molecule has 2 saturated carbocycles. The predicted molar refractivity (Wildman–Crippen MR) is 167 cm³/mol. The maximum absolute atomic E-state index is 13.8. The summed E-state index contributed by atoms with van der Waals surface area (Å²) in [5.41, 5.74) is -7.26. The molecule has 1 N–H and O–H groups in total. The van der Waals surface area contributed by atoms with Crippen molar-refractivity contribution in [2.45, 2.75) is 109 Å². The first kappa shape index (κ1) is 36.0. The van der Waals surface area contributed by atoms with Crippen LogP contribution in [0.1, 0.15) is 88.4 Å². The Kier molecular flexibility index (Phi) is 9.69. The molecule has 5 rings (SSSR count). The Morgan fingerprint density at radius 1 is 0.980 bits per heavy atom. The van der Waals surface area contributed by atoms with Crippen LogP contribution >= 0.6 is 0 Å². The molecule has 14 heteroatoms. The molecule has 14 nitrogen and oxygen atoms in total. The standard InChI is InChI=1S/C35H43NO13/c1-8-19(2)29(39)47-27-24-14-26(46-30(40)22-10-9-12-36-16-22)34(18-44-20(3)37)28(48-31(41)23-11-13-43-17-23)25(45-21(4)38)15-33(7,42)35(27,34)49-32(24,5)6/h9-13,16-17,19,24-28,42H,8,14-15,18H2,1-7H3/t19?,24-,25+,26+,27?,28+,33+,34-,35+/m1/s1. The van der Waals surface area contributed by atoms with Crippen LogP contribution in [0, 0.1) is 17.3 Å². The minimum atomic E-state index is -2.08. The van der Waals surface area contributed by atoms with Crippen molar-refractivity contribution in [2.75, 3.05) is 6.61 Å². The lowest BCUT2D eigenvalue weighted by molar-refractivity contribution is -0.354. The second kappa shape index (κ2) is 13.2. The Bertz CT molecular complexity index is 1570. The van der Waals surface area contributed by atoms with Crippen molar-refractivity contribution in [1.29, 1.82) is 0 Å². The van der Waals surface area contributed by atoms with E-state index in [1.165, 1.54) is 37.7 Å². The highest BCUT2D eigenvalue weighted by atomic mass is 16.6. The molecule has 0 aromatic carbocycles. The van der Waals surface area contributed by atoms with Gasteiger partial charge in [0, 0.05) is 38.6 Å². The number of furan rings is 1. The molecule has 266 valence electrons. The van der Waals surface area contributed by atoms with E-state index in [9.17, 15) is 29.1 Å². The van der Waals surface area contributed by atoms with Gasteiger partial charge in [0.25, 0.3) is 0 Å². The highest BCUT2D eigenvalue weighted by Crippen LogP contribution is 2.69. The Morgan fingerprint density at radius 3 is 2.29 bits per heavy atom. The number of aliphatic hydroxyl groups is 1. The van der Waals surface area contributed by atoms with Crippen molar-refractivity contribution in [2.24, 2.45) is 17.3 Å². The Morgan fingerprint density at radius 2 is 1.69 bits per heavy atom. The van der Waals surface area contributed by atoms with Crippen LogP contribution in [0.25, 0.3) is 0 Å². The second-order valence-corrected chi connectivity index (χ2v) is 13.9. The molecule has 3 heterocycles. The van der Waals surface area contributed by atoms with Gasteiger partial charge in [-0.15, -0.1) is 0 Å². The summed E-state index contributed by atoms with van der Waals surface area (Å²) in [4.78, 5) is 70.4. The van der Waals surface area contributed by atoms with Crippen molar-refractivity contribution >= 4 is 29.8 Å². The third-order valence-corrected chi connectivity index (χ3v) is 10.3. The first-order valence-electron chi connectivity index (χ1n) is 16.3. The van der Waals surface area contributed by atoms with Crippen LogP contribution in [-0.2, 0) is 42.8 Å². The van der Waals surface area contributed by atoms with E-state index in [1.807, 2.05) is 6.92 Å². The maximum Gasteiger partial charge on any atom is 0.341 e. The minimum absolute atomic E-state index is 0.000559. The van der Waals surface area contributed by atoms with Crippen molar-refractivity contribution in [1.82, 2.24) is 4.98 Å². The fraction of sp³-hybridized carbons (Fsp3) is 0.600. The number of pyridine rings is 1. The summed E-state index contributed by atoms with van der Waals surface area (Å²) < 4.78 is 42.3. The molecule has 1 aliphatic heterocycles. The van der Waals surface area contributed by atoms with E-state index in [1.54, 1.807) is 26.8 Å². The van der Waals surface area contributed by atoms with E-state index in [-0.39, 0.29) is 24.0 Å². The van der Waals surface area contributed by atoms with Gasteiger partial charge in [0.15, 0.2) is 11.7 Å². The highest BCUT2D eigenvalue weighted by molar-refractivity contribution is 5.90. The number of esters is 5. The maximum atomic E-state index is 13.8. The summed E-state index contributed by atoms with van der Waals surface area (Å²) in [6.45, 7) is 10.1. The lowest BCUT2D eigenvalue weighted by atomic mass is 9.46. The minimum Gasteiger partial charge on any atom is -0.472 e. The van der Waals surface area contributed by atoms with Gasteiger partial charge in [-0.2, -0.15) is 0 Å². The number of hydrogen-bond acceptors (Lipinski definition) is 14. The van der Waals surface area contributed by atoms with Gasteiger partial charge in [-0.3, -0.25) is 19.4 Å². The molecule has 2 aliphatic carbocycles. The number of fused-ring (bicyclic) bond motifs is 1. The lowest BCUT2D eigenvalue weighted by Gasteiger charge is -2.65. The zero-order valence-electron chi connectivity index (χ0n) is 28.6. The number of rotatable bonds is 10. The molecule has 3 fully saturated rings. The summed E-state index contributed by atoms with van der Waals surface area (Å²) >= 11 is 0. The number of hydrogen-bond donors (Lipinski definition) is 1. The van der Waals surface area contributed by atoms with Crippen LogP contribution in [0.15, 0.2) is 47.5 Å². The molecule has 49 heavy (non-hydrogen) atoms. The molecule has 2 aromatic rings. The van der Waals surface area contributed by atoms with Crippen molar-refractivity contribution < 1.29 is 61.9 Å². The van der Waals surface area contributed by atoms with Gasteiger partial charge < -0.3 is 37.9 Å². The van der Waals surface area contributed by atoms with E-state index < -0.39 is 94.9 Å². The smallest absolute Gasteiger partial charge is 0.341 e. The third-order valence-electron chi connectivity index (χ3n) is 10.3. The summed E-state index contributed by atoms with van der Waals surface area (Å²) in [6, 6.07) is 4.40. The number of nitrogens with zero attached hydrogens (tertiary/aromatic N) is 1. The normalized spacial score (nSPS) is 33.3. The van der Waals surface area contributed by atoms with Crippen LogP contribution in [0.3, 0.4) is 0 Å². The van der Waals surface area contributed by atoms with Crippen LogP contribution in [0.4, 0.5) is 0 Å². The summed E-state index contributed by atoms with van der Waals surface area (Å²) in [6.07, 6.45) is -0.373. The fourth-order valence-corrected chi connectivity index (χ4v) is 7.91. The summed E-state index contributed by atoms with van der Waals surface area (Å²) in [5, 5.41) is 12.7. The molecule has 3 aliphatic rings. The molecule has 9 atom stereocenters. The molecule has 1 saturated heterocycles. The average molecular weight is 686 g/mol. The van der Waals surface area contributed by atoms with Crippen LogP contribution < -0.4 is 0 Å².